The Hall–Kier alpha value is -8.07. The normalized spacial score (nSPS) is 29.9. The number of oxazole rings is 2. The predicted octanol–water partition coefficient (Wildman–Crippen LogP) is 16.1. The number of nitrogens with zero attached hydrogens (tertiary/aromatic N) is 8. The molecule has 0 spiro atoms. The van der Waals surface area contributed by atoms with Crippen LogP contribution in [0.4, 0.5) is 8.78 Å². The molecule has 106 heavy (non-hydrogen) atoms. The van der Waals surface area contributed by atoms with E-state index in [9.17, 15) is 43.3 Å². The molecule has 20 nitrogen and oxygen atoms in total. The third kappa shape index (κ3) is 12.7. The average molecular weight is 1540 g/mol. The number of ketones is 2. The number of fused-ring (bicyclic) bond motifs is 14. The Balaban J connectivity index is 0.000000150. The van der Waals surface area contributed by atoms with Crippen LogP contribution >= 0.6 is 58.3 Å². The van der Waals surface area contributed by atoms with E-state index in [1.54, 1.807) is 73.1 Å². The maximum Gasteiger partial charge on any atom is 0.375 e. The third-order valence-corrected chi connectivity index (χ3v) is 26.7. The molecule has 10 unspecified atom stereocenters. The Bertz CT molecular complexity index is 4970. The monoisotopic (exact) mass is 1540 g/mol. The summed E-state index contributed by atoms with van der Waals surface area (Å²) in [6, 6.07) is 26.1. The van der Waals surface area contributed by atoms with E-state index in [0.29, 0.717) is 71.4 Å². The number of benzene rings is 2. The standard InChI is InChI=1S/C39H37FN4O6S.C34H35FN4O4S.C5H3ClO2.CH2Cl2/c1-37-18-22-20-42-44(25-10-8-24(40)9-11-25)28(22)17-23(37)7-12-26-27-13-14-39(38(27,2)19-29(45)33(26)37,50-35(47)31-6-4-16-48-31)32(46)21-51-36-43-34-30(49-36)5-3-15-41-34;1-32-15-19-17-37-39(22-8-6-21(35)7-9-22)25(19)14-20(32)5-10-23-24-11-12-34(42,33(24,2)16-26(40)29(23)32)28(41)18-44-31-38-30-27(43-31)4-3-13-36-30;6-5(7)4-2-1-3-8-4;2-1-3/h3-6,8-11,15-17,20,26-27,29,33,45H,7,12-14,18-19,21H2,1-2H3;3-4,6-9,13-14,17,23-24,26,29,40,42H,5,10-12,15-16,18H2,1-2H3;1-3H;1H2/t26?,27?,29-,33?,37?,38?,39-;23?,24?,26-,29?,32?,33?,34-;;/m00../s1. The highest BCUT2D eigenvalue weighted by Crippen LogP contribution is 2.70. The molecule has 27 heteroatoms. The highest BCUT2D eigenvalue weighted by atomic mass is 35.5. The lowest BCUT2D eigenvalue weighted by Gasteiger charge is -2.60. The molecule has 0 amide bonds. The molecule has 8 heterocycles. The molecule has 552 valence electrons. The van der Waals surface area contributed by atoms with E-state index >= 15 is 0 Å². The maximum absolute atomic E-state index is 14.6. The van der Waals surface area contributed by atoms with Crippen molar-refractivity contribution in [3.05, 3.63) is 191 Å². The van der Waals surface area contributed by atoms with Gasteiger partial charge in [0.25, 0.3) is 15.7 Å². The first kappa shape index (κ1) is 73.4. The van der Waals surface area contributed by atoms with Crippen LogP contribution in [0.5, 0.6) is 0 Å². The van der Waals surface area contributed by atoms with E-state index in [0.717, 1.165) is 84.2 Å². The Labute approximate surface area is 632 Å². The van der Waals surface area contributed by atoms with Crippen molar-refractivity contribution in [2.75, 3.05) is 16.8 Å². The average Bonchev–Trinajstić information content (AvgIpc) is 1.44. The fraction of sp³-hybridized carbons (Fsp3) is 0.418. The minimum Gasteiger partial charge on any atom is -0.460 e. The Morgan fingerprint density at radius 3 is 1.54 bits per heavy atom. The van der Waals surface area contributed by atoms with Crippen LogP contribution in [0.1, 0.15) is 136 Å². The van der Waals surface area contributed by atoms with E-state index in [4.69, 9.17) is 52.8 Å². The minimum atomic E-state index is -1.52. The summed E-state index contributed by atoms with van der Waals surface area (Å²) < 4.78 is 59.0. The number of Topliss-reactive ketones (excluding diaryl/α,β-unsaturated/α-hetero) is 2. The molecule has 0 saturated heterocycles. The zero-order valence-electron chi connectivity index (χ0n) is 58.4. The number of carbonyl (C=O) groups is 4. The summed E-state index contributed by atoms with van der Waals surface area (Å²) in [5, 5.41) is 46.0. The van der Waals surface area contributed by atoms with Crippen LogP contribution in [0, 0.1) is 68.8 Å². The molecule has 3 N–H and O–H groups in total. The number of hydrogen-bond acceptors (Lipinski definition) is 20. The molecule has 8 aliphatic rings. The minimum absolute atomic E-state index is 0.0157. The second-order valence-corrected chi connectivity index (χ2v) is 33.0. The van der Waals surface area contributed by atoms with Gasteiger partial charge in [0, 0.05) is 23.2 Å². The number of pyridine rings is 2. The zero-order chi connectivity index (χ0) is 74.2. The number of furan rings is 2. The van der Waals surface area contributed by atoms with Crippen molar-refractivity contribution in [3.8, 4) is 11.4 Å². The van der Waals surface area contributed by atoms with E-state index in [-0.39, 0.29) is 97.9 Å². The second kappa shape index (κ2) is 28.8. The van der Waals surface area contributed by atoms with Crippen molar-refractivity contribution >= 4 is 116 Å². The second-order valence-electron chi connectivity index (χ2n) is 30.0. The number of esters is 1. The van der Waals surface area contributed by atoms with Crippen molar-refractivity contribution in [2.24, 2.45) is 57.2 Å². The molecule has 2 aromatic carbocycles. The van der Waals surface area contributed by atoms with Crippen molar-refractivity contribution in [1.82, 2.24) is 39.5 Å². The summed E-state index contributed by atoms with van der Waals surface area (Å²) in [7, 11) is 0. The van der Waals surface area contributed by atoms with Crippen LogP contribution in [0.2, 0.25) is 0 Å². The lowest BCUT2D eigenvalue weighted by atomic mass is 9.45. The molecule has 0 aliphatic heterocycles. The van der Waals surface area contributed by atoms with Crippen LogP contribution in [0.25, 0.3) is 46.0 Å². The number of aliphatic hydroxyl groups excluding tert-OH is 2. The molecule has 6 fully saturated rings. The van der Waals surface area contributed by atoms with Gasteiger partial charge in [-0.2, -0.15) is 20.2 Å². The van der Waals surface area contributed by atoms with Gasteiger partial charge in [0.2, 0.25) is 5.76 Å². The van der Waals surface area contributed by atoms with Crippen LogP contribution in [-0.2, 0) is 27.2 Å². The molecular formula is C79H77Cl3F2N8O12S2. The number of aliphatic hydroxyl groups is 3. The molecule has 6 saturated carbocycles. The molecule has 0 radical (unpaired) electrons. The molecule has 0 bridgehead atoms. The fourth-order valence-corrected chi connectivity index (χ4v) is 21.9. The summed E-state index contributed by atoms with van der Waals surface area (Å²) in [5.41, 5.74) is 5.30. The number of hydrogen-bond donors (Lipinski definition) is 3. The Morgan fingerprint density at radius 1 is 0.613 bits per heavy atom. The third-order valence-electron chi connectivity index (χ3n) is 24.8. The zero-order valence-corrected chi connectivity index (χ0v) is 62.3. The van der Waals surface area contributed by atoms with Crippen LogP contribution < -0.4 is 0 Å². The molecule has 10 aromatic rings. The molecule has 8 aliphatic carbocycles. The van der Waals surface area contributed by atoms with Gasteiger partial charge in [0.15, 0.2) is 45.4 Å². The van der Waals surface area contributed by atoms with Crippen molar-refractivity contribution < 1.29 is 65.7 Å². The number of halogens is 5. The Kier molecular flexibility index (Phi) is 20.0. The SMILES string of the molecule is CC12Cc3cnn(-c4ccc(F)cc4)c3C=C1CCC1C2[C@@H](O)CC2(C)C1CC[C@]2(O)C(=O)CSc1nc2ncccc2o1.CC12Cc3cnn(-c4ccc(F)cc4)c3C=C1CCC1C2[C@@H](O)CC2(C)C1CC[C@]2(OC(=O)c1ccco1)C(=O)CSc1nc2ncccc2o1.ClCCl.O=C(Cl)c1ccco1. The number of allylic oxidation sites excluding steroid dienone is 2. The van der Waals surface area contributed by atoms with E-state index in [2.05, 4.69) is 60.5 Å². The van der Waals surface area contributed by atoms with Gasteiger partial charge in [0.1, 0.15) is 17.2 Å². The van der Waals surface area contributed by atoms with Gasteiger partial charge in [-0.05, 0) is 255 Å². The molecule has 18 rings (SSSR count). The predicted molar refractivity (Wildman–Crippen MR) is 394 cm³/mol. The number of ether oxygens (including phenoxy) is 1. The summed E-state index contributed by atoms with van der Waals surface area (Å²) in [6.45, 7) is 8.59. The first-order valence-corrected chi connectivity index (χ1v) is 38.9. The topological polar surface area (TPSA) is 278 Å². The van der Waals surface area contributed by atoms with Gasteiger partial charge < -0.3 is 37.7 Å². The number of thioether (sulfide) groups is 2. The molecule has 14 atom stereocenters. The lowest BCUT2D eigenvalue weighted by Crippen LogP contribution is -2.63. The molecule has 8 aromatic heterocycles. The number of carbonyl (C=O) groups excluding carboxylic acids is 4. The highest BCUT2D eigenvalue weighted by molar-refractivity contribution is 8.00. The lowest BCUT2D eigenvalue weighted by molar-refractivity contribution is -0.179. The Morgan fingerprint density at radius 2 is 1.08 bits per heavy atom. The highest BCUT2D eigenvalue weighted by Gasteiger charge is 2.72. The first-order chi connectivity index (χ1) is 50.9. The summed E-state index contributed by atoms with van der Waals surface area (Å²) in [5.74, 6) is -1.11. The van der Waals surface area contributed by atoms with Crippen molar-refractivity contribution in [1.29, 1.82) is 0 Å². The van der Waals surface area contributed by atoms with Gasteiger partial charge in [0.05, 0.1) is 76.7 Å². The van der Waals surface area contributed by atoms with Crippen molar-refractivity contribution in [2.45, 2.75) is 139 Å². The largest absolute Gasteiger partial charge is 0.460 e. The summed E-state index contributed by atoms with van der Waals surface area (Å²) >= 11 is 16.9. The van der Waals surface area contributed by atoms with E-state index < -0.39 is 45.5 Å². The summed E-state index contributed by atoms with van der Waals surface area (Å²) in [4.78, 5) is 69.4. The molecular weight excluding hydrogens is 1460 g/mol. The maximum atomic E-state index is 14.6. The van der Waals surface area contributed by atoms with Gasteiger partial charge in [-0.1, -0.05) is 62.4 Å². The van der Waals surface area contributed by atoms with Gasteiger partial charge >= 0.3 is 5.97 Å². The van der Waals surface area contributed by atoms with Crippen LogP contribution in [0.15, 0.2) is 174 Å². The van der Waals surface area contributed by atoms with Crippen LogP contribution in [0.3, 0.4) is 0 Å². The number of rotatable bonds is 13. The van der Waals surface area contributed by atoms with Gasteiger partial charge in [-0.15, -0.1) is 23.2 Å². The van der Waals surface area contributed by atoms with Gasteiger partial charge in [-0.25, -0.2) is 32.9 Å². The summed E-state index contributed by atoms with van der Waals surface area (Å²) in [6.07, 6.45) is 20.7. The number of alkyl halides is 2. The van der Waals surface area contributed by atoms with E-state index in [1.165, 1.54) is 71.8 Å². The number of aromatic nitrogens is 8. The first-order valence-electron chi connectivity index (χ1n) is 35.5. The smallest absolute Gasteiger partial charge is 0.375 e. The van der Waals surface area contributed by atoms with Crippen molar-refractivity contribution in [3.63, 3.8) is 0 Å². The van der Waals surface area contributed by atoms with Gasteiger partial charge in [-0.3, -0.25) is 14.4 Å². The fourth-order valence-electron chi connectivity index (χ4n) is 20.2. The van der Waals surface area contributed by atoms with E-state index in [1.807, 2.05) is 35.6 Å². The quantitative estimate of drug-likeness (QED) is 0.0418. The van der Waals surface area contributed by atoms with Crippen LogP contribution in [-0.4, -0.2) is 118 Å².